The Morgan fingerprint density at radius 3 is 2.92 bits per heavy atom. The molecule has 1 saturated heterocycles. The Labute approximate surface area is 149 Å². The van der Waals surface area contributed by atoms with Crippen molar-refractivity contribution in [1.29, 1.82) is 0 Å². The summed E-state index contributed by atoms with van der Waals surface area (Å²) in [7, 11) is 0. The molecule has 0 spiro atoms. The number of anilines is 2. The van der Waals surface area contributed by atoms with Gasteiger partial charge in [0, 0.05) is 29.9 Å². The van der Waals surface area contributed by atoms with Crippen molar-refractivity contribution in [2.24, 2.45) is 0 Å². The number of nitrogens with zero attached hydrogens (tertiary/aromatic N) is 3. The summed E-state index contributed by atoms with van der Waals surface area (Å²) in [5, 5.41) is 4.18. The lowest BCUT2D eigenvalue weighted by Crippen LogP contribution is -2.36. The second kappa shape index (κ2) is 8.32. The molecule has 1 N–H and O–H groups in total. The normalized spacial score (nSPS) is 14.5. The van der Waals surface area contributed by atoms with Crippen LogP contribution in [0.25, 0.3) is 0 Å². The van der Waals surface area contributed by atoms with E-state index in [0.717, 1.165) is 23.9 Å². The van der Waals surface area contributed by atoms with Crippen LogP contribution in [0, 0.1) is 0 Å². The van der Waals surface area contributed by atoms with Gasteiger partial charge in [0.05, 0.1) is 19.0 Å². The minimum absolute atomic E-state index is 0.103. The number of nitrogens with one attached hydrogen (secondary N) is 1. The largest absolute Gasteiger partial charge is 0.378 e. The standard InChI is InChI=1S/C16H17ClN4O2S/c17-12-2-1-3-13(8-12)20-15(22)10-24-16-9-14(18-11-19-16)21-4-6-23-7-5-21/h1-3,8-9,11H,4-7,10H2,(H,20,22). The molecule has 0 saturated carbocycles. The van der Waals surface area contributed by atoms with E-state index in [1.54, 1.807) is 24.3 Å². The second-order valence-electron chi connectivity index (χ2n) is 5.16. The van der Waals surface area contributed by atoms with Crippen molar-refractivity contribution in [3.05, 3.63) is 41.7 Å². The van der Waals surface area contributed by atoms with Crippen molar-refractivity contribution in [3.63, 3.8) is 0 Å². The molecule has 1 aromatic heterocycles. The number of thioether (sulfide) groups is 1. The van der Waals surface area contributed by atoms with Gasteiger partial charge in [-0.05, 0) is 18.2 Å². The van der Waals surface area contributed by atoms with Gasteiger partial charge in [0.25, 0.3) is 0 Å². The van der Waals surface area contributed by atoms with E-state index in [1.165, 1.54) is 18.1 Å². The summed E-state index contributed by atoms with van der Waals surface area (Å²) in [6.07, 6.45) is 1.53. The number of carbonyl (C=O) groups excluding carboxylic acids is 1. The zero-order chi connectivity index (χ0) is 16.8. The highest BCUT2D eigenvalue weighted by Crippen LogP contribution is 2.21. The van der Waals surface area contributed by atoms with Gasteiger partial charge in [0.2, 0.25) is 5.91 Å². The Kier molecular flexibility index (Phi) is 5.90. The quantitative estimate of drug-likeness (QED) is 0.650. The van der Waals surface area contributed by atoms with Crippen molar-refractivity contribution < 1.29 is 9.53 Å². The molecule has 0 bridgehead atoms. The first-order valence-electron chi connectivity index (χ1n) is 7.54. The van der Waals surface area contributed by atoms with Crippen molar-refractivity contribution in [2.75, 3.05) is 42.3 Å². The zero-order valence-corrected chi connectivity index (χ0v) is 14.5. The van der Waals surface area contributed by atoms with E-state index in [9.17, 15) is 4.79 Å². The number of rotatable bonds is 5. The van der Waals surface area contributed by atoms with E-state index in [1.807, 2.05) is 6.07 Å². The fourth-order valence-electron chi connectivity index (χ4n) is 2.28. The zero-order valence-electron chi connectivity index (χ0n) is 12.9. The molecular weight excluding hydrogens is 348 g/mol. The molecule has 1 aliphatic rings. The van der Waals surface area contributed by atoms with Crippen LogP contribution < -0.4 is 10.2 Å². The maximum absolute atomic E-state index is 12.0. The molecular formula is C16H17ClN4O2S. The lowest BCUT2D eigenvalue weighted by Gasteiger charge is -2.27. The molecule has 3 rings (SSSR count). The number of ether oxygens (including phenoxy) is 1. The molecule has 0 radical (unpaired) electrons. The van der Waals surface area contributed by atoms with E-state index >= 15 is 0 Å². The van der Waals surface area contributed by atoms with Gasteiger partial charge in [-0.15, -0.1) is 0 Å². The molecule has 6 nitrogen and oxygen atoms in total. The predicted molar refractivity (Wildman–Crippen MR) is 95.9 cm³/mol. The maximum atomic E-state index is 12.0. The highest BCUT2D eigenvalue weighted by atomic mass is 35.5. The van der Waals surface area contributed by atoms with E-state index in [-0.39, 0.29) is 11.7 Å². The van der Waals surface area contributed by atoms with Gasteiger partial charge in [-0.1, -0.05) is 29.4 Å². The van der Waals surface area contributed by atoms with Crippen LogP contribution in [-0.2, 0) is 9.53 Å². The highest BCUT2D eigenvalue weighted by Gasteiger charge is 2.13. The van der Waals surface area contributed by atoms with Crippen molar-refractivity contribution in [3.8, 4) is 0 Å². The van der Waals surface area contributed by atoms with Crippen molar-refractivity contribution >= 4 is 40.8 Å². The van der Waals surface area contributed by atoms with Crippen LogP contribution in [-0.4, -0.2) is 47.9 Å². The molecule has 1 aromatic carbocycles. The number of aromatic nitrogens is 2. The van der Waals surface area contributed by atoms with Crippen LogP contribution in [0.15, 0.2) is 41.7 Å². The summed E-state index contributed by atoms with van der Waals surface area (Å²) in [5.41, 5.74) is 0.685. The number of hydrogen-bond acceptors (Lipinski definition) is 6. The van der Waals surface area contributed by atoms with Crippen molar-refractivity contribution in [2.45, 2.75) is 5.03 Å². The average molecular weight is 365 g/mol. The van der Waals surface area contributed by atoms with E-state index < -0.39 is 0 Å². The smallest absolute Gasteiger partial charge is 0.234 e. The Hall–Kier alpha value is -1.83. The Bertz CT molecular complexity index is 710. The lowest BCUT2D eigenvalue weighted by atomic mass is 10.3. The highest BCUT2D eigenvalue weighted by molar-refractivity contribution is 7.99. The van der Waals surface area contributed by atoms with Crippen LogP contribution in [0.3, 0.4) is 0 Å². The minimum Gasteiger partial charge on any atom is -0.378 e. The molecule has 0 atom stereocenters. The monoisotopic (exact) mass is 364 g/mol. The Morgan fingerprint density at radius 1 is 1.29 bits per heavy atom. The van der Waals surface area contributed by atoms with Gasteiger partial charge in [0.15, 0.2) is 0 Å². The van der Waals surface area contributed by atoms with Gasteiger partial charge in [-0.25, -0.2) is 9.97 Å². The predicted octanol–water partition coefficient (Wildman–Crippen LogP) is 2.70. The number of halogens is 1. The average Bonchev–Trinajstić information content (AvgIpc) is 2.61. The van der Waals surface area contributed by atoms with Gasteiger partial charge in [-0.2, -0.15) is 0 Å². The number of carbonyl (C=O) groups is 1. The Morgan fingerprint density at radius 2 is 2.12 bits per heavy atom. The number of amides is 1. The topological polar surface area (TPSA) is 67.4 Å². The summed E-state index contributed by atoms with van der Waals surface area (Å²) >= 11 is 7.28. The van der Waals surface area contributed by atoms with Crippen LogP contribution in [0.2, 0.25) is 5.02 Å². The molecule has 8 heteroatoms. The Balaban J connectivity index is 1.55. The first-order chi connectivity index (χ1) is 11.7. The minimum atomic E-state index is -0.103. The molecule has 2 heterocycles. The van der Waals surface area contributed by atoms with E-state index in [4.69, 9.17) is 16.3 Å². The van der Waals surface area contributed by atoms with Crippen LogP contribution in [0.5, 0.6) is 0 Å². The van der Waals surface area contributed by atoms with E-state index in [0.29, 0.717) is 23.9 Å². The summed E-state index contributed by atoms with van der Waals surface area (Å²) in [4.78, 5) is 22.7. The molecule has 1 aliphatic heterocycles. The number of hydrogen-bond donors (Lipinski definition) is 1. The number of morpholine rings is 1. The molecule has 0 unspecified atom stereocenters. The first-order valence-corrected chi connectivity index (χ1v) is 8.90. The third-order valence-electron chi connectivity index (χ3n) is 3.42. The van der Waals surface area contributed by atoms with Crippen molar-refractivity contribution in [1.82, 2.24) is 9.97 Å². The molecule has 1 fully saturated rings. The van der Waals surface area contributed by atoms with Crippen LogP contribution in [0.1, 0.15) is 0 Å². The van der Waals surface area contributed by atoms with Gasteiger partial charge < -0.3 is 15.0 Å². The van der Waals surface area contributed by atoms with Gasteiger partial charge in [0.1, 0.15) is 17.2 Å². The molecule has 126 valence electrons. The number of benzene rings is 1. The molecule has 2 aromatic rings. The van der Waals surface area contributed by atoms with E-state index in [2.05, 4.69) is 20.2 Å². The summed E-state index contributed by atoms with van der Waals surface area (Å²) in [5.74, 6) is 1.03. The third-order valence-corrected chi connectivity index (χ3v) is 4.58. The summed E-state index contributed by atoms with van der Waals surface area (Å²) < 4.78 is 5.34. The fourth-order valence-corrected chi connectivity index (χ4v) is 3.13. The lowest BCUT2D eigenvalue weighted by molar-refractivity contribution is -0.113. The molecule has 0 aliphatic carbocycles. The van der Waals surface area contributed by atoms with Crippen LogP contribution >= 0.6 is 23.4 Å². The first kappa shape index (κ1) is 17.0. The summed E-state index contributed by atoms with van der Waals surface area (Å²) in [6.45, 7) is 3.04. The van der Waals surface area contributed by atoms with Gasteiger partial charge >= 0.3 is 0 Å². The SMILES string of the molecule is O=C(CSc1cc(N2CCOCC2)ncn1)Nc1cccc(Cl)c1. The molecule has 24 heavy (non-hydrogen) atoms. The summed E-state index contributed by atoms with van der Waals surface area (Å²) in [6, 6.07) is 8.98. The van der Waals surface area contributed by atoms with Gasteiger partial charge in [-0.3, -0.25) is 4.79 Å². The maximum Gasteiger partial charge on any atom is 0.234 e. The third kappa shape index (κ3) is 4.83. The molecule has 1 amide bonds. The van der Waals surface area contributed by atoms with Crippen LogP contribution in [0.4, 0.5) is 11.5 Å². The fraction of sp³-hybridized carbons (Fsp3) is 0.312. The second-order valence-corrected chi connectivity index (χ2v) is 6.59.